The lowest BCUT2D eigenvalue weighted by atomic mass is 10.3. The minimum absolute atomic E-state index is 0. The van der Waals surface area contributed by atoms with Gasteiger partial charge in [-0.3, -0.25) is 10.5 Å². The van der Waals surface area contributed by atoms with Gasteiger partial charge in [-0.1, -0.05) is 0 Å². The molecule has 1 heterocycles. The molecular weight excluding hydrogens is 248 g/mol. The predicted molar refractivity (Wildman–Crippen MR) is 63.4 cm³/mol. The lowest BCUT2D eigenvalue weighted by Gasteiger charge is -2.00. The summed E-state index contributed by atoms with van der Waals surface area (Å²) in [6, 6.07) is 1.83. The molecule has 84 valence electrons. The van der Waals surface area contributed by atoms with Gasteiger partial charge >= 0.3 is 0 Å². The Hall–Kier alpha value is -0.450. The molecule has 0 amide bonds. The van der Waals surface area contributed by atoms with Gasteiger partial charge in [0.1, 0.15) is 0 Å². The molecule has 1 aromatic heterocycles. The van der Waals surface area contributed by atoms with E-state index in [1.54, 1.807) is 6.20 Å². The number of nitrogens with one attached hydrogen (secondary N) is 2. The summed E-state index contributed by atoms with van der Waals surface area (Å²) in [5, 5.41) is 13.9. The first-order valence-corrected chi connectivity index (χ1v) is 3.51. The van der Waals surface area contributed by atoms with Crippen molar-refractivity contribution in [2.75, 3.05) is 6.61 Å². The molecule has 0 aromatic carbocycles. The smallest absolute Gasteiger partial charge is 0.186 e. The fourth-order valence-corrected chi connectivity index (χ4v) is 0.779. The molecule has 14 heavy (non-hydrogen) atoms. The van der Waals surface area contributed by atoms with E-state index in [1.807, 2.05) is 13.0 Å². The molecular formula is C7H14Cl3N3O. The second-order valence-electron chi connectivity index (χ2n) is 2.10. The van der Waals surface area contributed by atoms with Gasteiger partial charge in [0, 0.05) is 6.20 Å². The van der Waals surface area contributed by atoms with Crippen molar-refractivity contribution in [3.63, 3.8) is 0 Å². The summed E-state index contributed by atoms with van der Waals surface area (Å²) < 4.78 is 4.94. The fourth-order valence-electron chi connectivity index (χ4n) is 0.779. The van der Waals surface area contributed by atoms with Crippen LogP contribution < -0.4 is 0 Å². The number of aromatic nitrogens is 2. The van der Waals surface area contributed by atoms with E-state index in [0.717, 1.165) is 5.69 Å². The molecule has 0 saturated carbocycles. The highest BCUT2D eigenvalue weighted by Gasteiger charge is 1.99. The van der Waals surface area contributed by atoms with Gasteiger partial charge in [-0.05, 0) is 13.0 Å². The summed E-state index contributed by atoms with van der Waals surface area (Å²) in [5.41, 5.74) is 0.837. The number of nitrogens with zero attached hydrogens (tertiary/aromatic N) is 1. The van der Waals surface area contributed by atoms with Gasteiger partial charge in [0.2, 0.25) is 0 Å². The third-order valence-corrected chi connectivity index (χ3v) is 1.22. The largest absolute Gasteiger partial charge is 0.481 e. The van der Waals surface area contributed by atoms with Gasteiger partial charge in [0.25, 0.3) is 0 Å². The molecule has 4 nitrogen and oxygen atoms in total. The van der Waals surface area contributed by atoms with Crippen LogP contribution in [-0.4, -0.2) is 22.7 Å². The first kappa shape index (κ1) is 19.2. The van der Waals surface area contributed by atoms with Crippen molar-refractivity contribution < 1.29 is 4.74 Å². The van der Waals surface area contributed by atoms with Crippen molar-refractivity contribution in [3.05, 3.63) is 18.0 Å². The highest BCUT2D eigenvalue weighted by atomic mass is 35.5. The van der Waals surface area contributed by atoms with Crippen molar-refractivity contribution in [3.8, 4) is 0 Å². The van der Waals surface area contributed by atoms with Crippen LogP contribution in [0.1, 0.15) is 12.6 Å². The average Bonchev–Trinajstić information content (AvgIpc) is 2.40. The third-order valence-electron chi connectivity index (χ3n) is 1.22. The Morgan fingerprint density at radius 2 is 2.14 bits per heavy atom. The van der Waals surface area contributed by atoms with E-state index in [4.69, 9.17) is 10.1 Å². The monoisotopic (exact) mass is 261 g/mol. The Morgan fingerprint density at radius 3 is 2.57 bits per heavy atom. The van der Waals surface area contributed by atoms with Crippen molar-refractivity contribution in [1.29, 1.82) is 5.41 Å². The highest BCUT2D eigenvalue weighted by molar-refractivity contribution is 5.86. The second kappa shape index (κ2) is 10.6. The van der Waals surface area contributed by atoms with Crippen LogP contribution in [-0.2, 0) is 11.2 Å². The Balaban J connectivity index is -0.000000403. The van der Waals surface area contributed by atoms with Crippen molar-refractivity contribution in [1.82, 2.24) is 10.2 Å². The minimum Gasteiger partial charge on any atom is -0.481 e. The number of aromatic amines is 1. The maximum atomic E-state index is 7.29. The van der Waals surface area contributed by atoms with Crippen LogP contribution in [0.15, 0.2) is 12.3 Å². The number of halogens is 3. The van der Waals surface area contributed by atoms with Crippen molar-refractivity contribution >= 4 is 43.1 Å². The Labute approximate surface area is 102 Å². The molecule has 1 aromatic rings. The lowest BCUT2D eigenvalue weighted by molar-refractivity contribution is 0.316. The van der Waals surface area contributed by atoms with E-state index in [-0.39, 0.29) is 43.1 Å². The van der Waals surface area contributed by atoms with Crippen molar-refractivity contribution in [2.24, 2.45) is 0 Å². The van der Waals surface area contributed by atoms with Crippen LogP contribution in [0.2, 0.25) is 0 Å². The highest BCUT2D eigenvalue weighted by Crippen LogP contribution is 1.94. The zero-order valence-corrected chi connectivity index (χ0v) is 10.1. The molecule has 0 unspecified atom stereocenters. The summed E-state index contributed by atoms with van der Waals surface area (Å²) in [6.07, 6.45) is 2.20. The first-order valence-electron chi connectivity index (χ1n) is 3.51. The molecule has 1 rings (SSSR count). The third kappa shape index (κ3) is 7.00. The molecule has 7 heteroatoms. The van der Waals surface area contributed by atoms with Gasteiger partial charge in [0.15, 0.2) is 5.90 Å². The maximum absolute atomic E-state index is 7.29. The van der Waals surface area contributed by atoms with E-state index in [2.05, 4.69) is 10.2 Å². The number of rotatable bonds is 3. The molecule has 0 aliphatic heterocycles. The summed E-state index contributed by atoms with van der Waals surface area (Å²) in [4.78, 5) is 0. The van der Waals surface area contributed by atoms with Gasteiger partial charge in [0.05, 0.1) is 18.7 Å². The van der Waals surface area contributed by atoms with Gasteiger partial charge in [-0.2, -0.15) is 5.10 Å². The molecule has 0 atom stereocenters. The van der Waals surface area contributed by atoms with Gasteiger partial charge in [-0.15, -0.1) is 37.2 Å². The lowest BCUT2D eigenvalue weighted by Crippen LogP contribution is -2.06. The molecule has 0 spiro atoms. The molecule has 0 bridgehead atoms. The van der Waals surface area contributed by atoms with E-state index < -0.39 is 0 Å². The molecule has 0 radical (unpaired) electrons. The van der Waals surface area contributed by atoms with Gasteiger partial charge in [-0.25, -0.2) is 0 Å². The normalized spacial score (nSPS) is 7.50. The Morgan fingerprint density at radius 1 is 1.50 bits per heavy atom. The summed E-state index contributed by atoms with van der Waals surface area (Å²) >= 11 is 0. The zero-order valence-electron chi connectivity index (χ0n) is 7.65. The van der Waals surface area contributed by atoms with Crippen LogP contribution in [0, 0.1) is 5.41 Å². The van der Waals surface area contributed by atoms with E-state index in [9.17, 15) is 0 Å². The van der Waals surface area contributed by atoms with Crippen LogP contribution in [0.5, 0.6) is 0 Å². The Kier molecular flexibility index (Phi) is 14.6. The summed E-state index contributed by atoms with van der Waals surface area (Å²) in [7, 11) is 0. The Bertz CT molecular complexity index is 228. The molecule has 0 saturated heterocycles. The minimum atomic E-state index is 0. The zero-order chi connectivity index (χ0) is 8.10. The van der Waals surface area contributed by atoms with Gasteiger partial charge < -0.3 is 4.74 Å². The SMILES string of the molecule is CCOC(=N)Cc1cc[nH]n1.Cl.Cl.Cl. The summed E-state index contributed by atoms with van der Waals surface area (Å²) in [5.74, 6) is 0.264. The molecule has 2 N–H and O–H groups in total. The molecule has 0 aliphatic carbocycles. The quantitative estimate of drug-likeness (QED) is 0.648. The number of hydrogen-bond acceptors (Lipinski definition) is 3. The van der Waals surface area contributed by atoms with E-state index in [1.165, 1.54) is 0 Å². The topological polar surface area (TPSA) is 61.8 Å². The fraction of sp³-hybridized carbons (Fsp3) is 0.429. The number of ether oxygens (including phenoxy) is 1. The van der Waals surface area contributed by atoms with E-state index in [0.29, 0.717) is 13.0 Å². The van der Waals surface area contributed by atoms with Crippen LogP contribution in [0.3, 0.4) is 0 Å². The standard InChI is InChI=1S/C7H11N3O.3ClH/c1-2-11-7(8)5-6-3-4-9-10-6;;;/h3-4,8H,2,5H2,1H3,(H,9,10);3*1H. The number of hydrogen-bond donors (Lipinski definition) is 2. The maximum Gasteiger partial charge on any atom is 0.186 e. The summed E-state index contributed by atoms with van der Waals surface area (Å²) in [6.45, 7) is 2.41. The van der Waals surface area contributed by atoms with Crippen LogP contribution in [0.4, 0.5) is 0 Å². The van der Waals surface area contributed by atoms with Crippen LogP contribution in [0.25, 0.3) is 0 Å². The molecule has 0 fully saturated rings. The predicted octanol–water partition coefficient (Wildman–Crippen LogP) is 2.23. The van der Waals surface area contributed by atoms with Crippen LogP contribution >= 0.6 is 37.2 Å². The first-order chi connectivity index (χ1) is 5.33. The van der Waals surface area contributed by atoms with Crippen molar-refractivity contribution in [2.45, 2.75) is 13.3 Å². The average molecular weight is 263 g/mol. The second-order valence-corrected chi connectivity index (χ2v) is 2.10. The van der Waals surface area contributed by atoms with E-state index >= 15 is 0 Å². The molecule has 0 aliphatic rings. The number of H-pyrrole nitrogens is 1.